The van der Waals surface area contributed by atoms with Crippen LogP contribution in [0.2, 0.25) is 0 Å². The fourth-order valence-corrected chi connectivity index (χ4v) is 2.28. The van der Waals surface area contributed by atoms with E-state index in [1.165, 1.54) is 4.90 Å². The second kappa shape index (κ2) is 6.29. The summed E-state index contributed by atoms with van der Waals surface area (Å²) in [5.41, 5.74) is 0. The first-order valence-corrected chi connectivity index (χ1v) is 6.39. The first-order chi connectivity index (χ1) is 8.29. The molecule has 18 heavy (non-hydrogen) atoms. The van der Waals surface area contributed by atoms with E-state index in [9.17, 15) is 18.0 Å². The maximum absolute atomic E-state index is 12.0. The molecule has 1 heterocycles. The van der Waals surface area contributed by atoms with Crippen molar-refractivity contribution in [2.24, 2.45) is 11.8 Å². The fraction of sp³-hybridized carbons (Fsp3) is 0.917. The number of hydrogen-bond acceptors (Lipinski definition) is 1. The molecule has 3 nitrogen and oxygen atoms in total. The van der Waals surface area contributed by atoms with Gasteiger partial charge in [0.1, 0.15) is 6.54 Å². The predicted molar refractivity (Wildman–Crippen MR) is 63.2 cm³/mol. The van der Waals surface area contributed by atoms with E-state index < -0.39 is 18.8 Å². The van der Waals surface area contributed by atoms with Crippen LogP contribution in [0.5, 0.6) is 0 Å². The van der Waals surface area contributed by atoms with E-state index in [0.717, 1.165) is 19.3 Å². The lowest BCUT2D eigenvalue weighted by Crippen LogP contribution is -2.44. The van der Waals surface area contributed by atoms with Crippen molar-refractivity contribution >= 4 is 6.03 Å². The highest BCUT2D eigenvalue weighted by atomic mass is 19.4. The minimum atomic E-state index is -4.35. The monoisotopic (exact) mass is 266 g/mol. The van der Waals surface area contributed by atoms with E-state index in [1.807, 2.05) is 5.32 Å². The molecule has 106 valence electrons. The van der Waals surface area contributed by atoms with Gasteiger partial charge in [-0.25, -0.2) is 4.79 Å². The molecule has 1 unspecified atom stereocenters. The Bertz CT molecular complexity index is 279. The largest absolute Gasteiger partial charge is 0.405 e. The fourth-order valence-electron chi connectivity index (χ4n) is 2.28. The molecule has 1 aliphatic rings. The Morgan fingerprint density at radius 3 is 2.56 bits per heavy atom. The van der Waals surface area contributed by atoms with Gasteiger partial charge in [-0.2, -0.15) is 13.2 Å². The molecule has 1 aliphatic heterocycles. The number of hydrogen-bond donors (Lipinski definition) is 1. The molecule has 1 rings (SSSR count). The predicted octanol–water partition coefficient (Wildman–Crippen LogP) is 3.02. The molecule has 1 atom stereocenters. The first kappa shape index (κ1) is 15.1. The molecule has 0 aromatic carbocycles. The summed E-state index contributed by atoms with van der Waals surface area (Å²) in [4.78, 5) is 13.1. The van der Waals surface area contributed by atoms with E-state index in [1.54, 1.807) is 0 Å². The number of alkyl halides is 3. The maximum Gasteiger partial charge on any atom is 0.405 e. The quantitative estimate of drug-likeness (QED) is 0.818. The molecule has 0 aromatic heterocycles. The molecule has 0 bridgehead atoms. The van der Waals surface area contributed by atoms with Crippen molar-refractivity contribution in [2.45, 2.75) is 39.3 Å². The maximum atomic E-state index is 12.0. The van der Waals surface area contributed by atoms with Crippen LogP contribution in [0.4, 0.5) is 18.0 Å². The molecule has 0 aliphatic carbocycles. The van der Waals surface area contributed by atoms with E-state index >= 15 is 0 Å². The molecule has 1 saturated heterocycles. The third-order valence-corrected chi connectivity index (χ3v) is 3.44. The third-order valence-electron chi connectivity index (χ3n) is 3.44. The van der Waals surface area contributed by atoms with Crippen molar-refractivity contribution in [3.8, 4) is 0 Å². The minimum Gasteiger partial charge on any atom is -0.329 e. The summed E-state index contributed by atoms with van der Waals surface area (Å²) in [6.45, 7) is 4.13. The molecule has 0 spiro atoms. The van der Waals surface area contributed by atoms with Gasteiger partial charge in [-0.1, -0.05) is 13.8 Å². The van der Waals surface area contributed by atoms with Gasteiger partial charge in [0, 0.05) is 13.1 Å². The lowest BCUT2D eigenvalue weighted by Gasteiger charge is -2.22. The number of carbonyl (C=O) groups excluding carboxylic acids is 1. The molecule has 1 N–H and O–H groups in total. The Morgan fingerprint density at radius 1 is 1.33 bits per heavy atom. The normalized spacial score (nSPS) is 21.9. The molecule has 1 fully saturated rings. The summed E-state index contributed by atoms with van der Waals surface area (Å²) in [5, 5.41) is 1.93. The van der Waals surface area contributed by atoms with Crippen LogP contribution in [0.1, 0.15) is 33.1 Å². The van der Waals surface area contributed by atoms with Gasteiger partial charge in [0.2, 0.25) is 0 Å². The minimum absolute atomic E-state index is 0.548. The summed E-state index contributed by atoms with van der Waals surface area (Å²) >= 11 is 0. The Labute approximate surface area is 106 Å². The number of amides is 2. The molecule has 0 aromatic rings. The van der Waals surface area contributed by atoms with Crippen LogP contribution >= 0.6 is 0 Å². The summed E-state index contributed by atoms with van der Waals surface area (Å²) < 4.78 is 36.0. The number of rotatable bonds is 2. The number of nitrogens with one attached hydrogen (secondary N) is 1. The van der Waals surface area contributed by atoms with Crippen molar-refractivity contribution in [1.29, 1.82) is 0 Å². The van der Waals surface area contributed by atoms with Gasteiger partial charge < -0.3 is 10.2 Å². The Balaban J connectivity index is 2.40. The van der Waals surface area contributed by atoms with Crippen molar-refractivity contribution in [3.05, 3.63) is 0 Å². The Morgan fingerprint density at radius 2 is 2.00 bits per heavy atom. The van der Waals surface area contributed by atoms with Crippen LogP contribution in [0.25, 0.3) is 0 Å². The molecule has 0 saturated carbocycles. The van der Waals surface area contributed by atoms with Crippen LogP contribution in [-0.2, 0) is 0 Å². The number of likely N-dealkylation sites (tertiary alicyclic amines) is 1. The third kappa shape index (κ3) is 5.14. The van der Waals surface area contributed by atoms with Gasteiger partial charge >= 0.3 is 12.2 Å². The second-order valence-corrected chi connectivity index (χ2v) is 5.20. The zero-order valence-electron chi connectivity index (χ0n) is 10.9. The highest BCUT2D eigenvalue weighted by Gasteiger charge is 2.29. The number of urea groups is 1. The van der Waals surface area contributed by atoms with Crippen molar-refractivity contribution in [2.75, 3.05) is 19.6 Å². The zero-order valence-corrected chi connectivity index (χ0v) is 10.9. The van der Waals surface area contributed by atoms with Crippen LogP contribution in [0.15, 0.2) is 0 Å². The zero-order chi connectivity index (χ0) is 13.8. The van der Waals surface area contributed by atoms with Gasteiger partial charge in [0.15, 0.2) is 0 Å². The topological polar surface area (TPSA) is 32.3 Å². The van der Waals surface area contributed by atoms with Crippen LogP contribution in [-0.4, -0.2) is 36.7 Å². The van der Waals surface area contributed by atoms with Gasteiger partial charge in [0.25, 0.3) is 0 Å². The number of halogens is 3. The lowest BCUT2D eigenvalue weighted by atomic mass is 9.89. The van der Waals surface area contributed by atoms with Gasteiger partial charge in [-0.15, -0.1) is 0 Å². The summed E-state index contributed by atoms with van der Waals surface area (Å²) in [7, 11) is 0. The number of carbonyl (C=O) groups is 1. The van der Waals surface area contributed by atoms with Crippen molar-refractivity contribution in [1.82, 2.24) is 10.2 Å². The summed E-state index contributed by atoms with van der Waals surface area (Å²) in [5.74, 6) is 1.12. The number of nitrogens with zero attached hydrogens (tertiary/aromatic N) is 1. The van der Waals surface area contributed by atoms with Gasteiger partial charge in [-0.3, -0.25) is 0 Å². The van der Waals surface area contributed by atoms with Gasteiger partial charge in [-0.05, 0) is 31.1 Å². The SMILES string of the molecule is CC(C)C1CCCN(C(=O)NCC(F)(F)F)CC1. The van der Waals surface area contributed by atoms with Gasteiger partial charge in [0.05, 0.1) is 0 Å². The Kier molecular flexibility index (Phi) is 5.28. The van der Waals surface area contributed by atoms with E-state index in [4.69, 9.17) is 0 Å². The highest BCUT2D eigenvalue weighted by Crippen LogP contribution is 2.24. The summed E-state index contributed by atoms with van der Waals surface area (Å²) in [6.07, 6.45) is -1.57. The van der Waals surface area contributed by atoms with Crippen molar-refractivity contribution < 1.29 is 18.0 Å². The average Bonchev–Trinajstić information content (AvgIpc) is 2.50. The van der Waals surface area contributed by atoms with Crippen LogP contribution in [0, 0.1) is 11.8 Å². The first-order valence-electron chi connectivity index (χ1n) is 6.39. The average molecular weight is 266 g/mol. The molecule has 6 heteroatoms. The molecule has 0 radical (unpaired) electrons. The van der Waals surface area contributed by atoms with E-state index in [-0.39, 0.29) is 0 Å². The van der Waals surface area contributed by atoms with Crippen molar-refractivity contribution in [3.63, 3.8) is 0 Å². The van der Waals surface area contributed by atoms with Crippen LogP contribution in [0.3, 0.4) is 0 Å². The second-order valence-electron chi connectivity index (χ2n) is 5.20. The Hall–Kier alpha value is -0.940. The summed E-state index contributed by atoms with van der Waals surface area (Å²) in [6, 6.07) is -0.600. The smallest absolute Gasteiger partial charge is 0.329 e. The molecule has 2 amide bonds. The molecular formula is C12H21F3N2O. The molecular weight excluding hydrogens is 245 g/mol. The highest BCUT2D eigenvalue weighted by molar-refractivity contribution is 5.74. The standard InChI is InChI=1S/C12H21F3N2O/c1-9(2)10-4-3-6-17(7-5-10)11(18)16-8-12(13,14)15/h9-10H,3-8H2,1-2H3,(H,16,18). The van der Waals surface area contributed by atoms with Crippen LogP contribution < -0.4 is 5.32 Å². The van der Waals surface area contributed by atoms with E-state index in [2.05, 4.69) is 13.8 Å². The lowest BCUT2D eigenvalue weighted by molar-refractivity contribution is -0.123. The van der Waals surface area contributed by atoms with E-state index in [0.29, 0.717) is 24.9 Å².